The lowest BCUT2D eigenvalue weighted by Crippen LogP contribution is -2.38. The van der Waals surface area contributed by atoms with Gasteiger partial charge in [-0.2, -0.15) is 0 Å². The average molecular weight is 226 g/mol. The molecule has 0 spiro atoms. The predicted octanol–water partition coefficient (Wildman–Crippen LogP) is -0.928. The van der Waals surface area contributed by atoms with Crippen LogP contribution in [0.15, 0.2) is 12.5 Å². The van der Waals surface area contributed by atoms with Crippen LogP contribution < -0.4 is 5.32 Å². The normalized spacial score (nSPS) is 12.8. The number of rotatable bonds is 5. The number of carbonyl (C=O) groups excluding carboxylic acids is 1. The molecule has 16 heavy (non-hydrogen) atoms. The van der Waals surface area contributed by atoms with E-state index in [1.54, 1.807) is 17.9 Å². The van der Waals surface area contributed by atoms with Gasteiger partial charge in [-0.1, -0.05) is 0 Å². The standard InChI is InChI=1S/C10H18N4O2/c1-13(2)6-8(15)4-12-10(16)9-5-11-7-14(9)3/h5,7-8,15H,4,6H2,1-3H3,(H,12,16)/t8-/m1/s1. The van der Waals surface area contributed by atoms with Crippen molar-refractivity contribution in [3.05, 3.63) is 18.2 Å². The summed E-state index contributed by atoms with van der Waals surface area (Å²) in [6.45, 7) is 0.758. The number of aromatic nitrogens is 2. The van der Waals surface area contributed by atoms with Gasteiger partial charge in [-0.25, -0.2) is 4.98 Å². The molecule has 1 atom stereocenters. The molecular weight excluding hydrogens is 208 g/mol. The van der Waals surface area contributed by atoms with E-state index in [9.17, 15) is 9.90 Å². The Bertz CT molecular complexity index is 348. The fourth-order valence-corrected chi connectivity index (χ4v) is 1.36. The van der Waals surface area contributed by atoms with Crippen molar-refractivity contribution in [1.29, 1.82) is 0 Å². The minimum Gasteiger partial charge on any atom is -0.390 e. The molecule has 6 nitrogen and oxygen atoms in total. The van der Waals surface area contributed by atoms with E-state index in [1.807, 2.05) is 19.0 Å². The third-order valence-corrected chi connectivity index (χ3v) is 2.12. The Labute approximate surface area is 94.9 Å². The van der Waals surface area contributed by atoms with Gasteiger partial charge in [0.15, 0.2) is 0 Å². The molecule has 0 bridgehead atoms. The summed E-state index contributed by atoms with van der Waals surface area (Å²) in [6.07, 6.45) is 2.49. The molecule has 0 unspecified atom stereocenters. The van der Waals surface area contributed by atoms with Crippen molar-refractivity contribution in [3.63, 3.8) is 0 Å². The molecule has 90 valence electrons. The number of carbonyl (C=O) groups is 1. The van der Waals surface area contributed by atoms with E-state index in [4.69, 9.17) is 0 Å². The second kappa shape index (κ2) is 5.62. The number of aryl methyl sites for hydroxylation is 1. The first-order valence-corrected chi connectivity index (χ1v) is 5.08. The van der Waals surface area contributed by atoms with Crippen molar-refractivity contribution < 1.29 is 9.90 Å². The molecular formula is C10H18N4O2. The van der Waals surface area contributed by atoms with E-state index in [1.165, 1.54) is 6.20 Å². The summed E-state index contributed by atoms with van der Waals surface area (Å²) in [4.78, 5) is 17.3. The topological polar surface area (TPSA) is 70.4 Å². The van der Waals surface area contributed by atoms with E-state index >= 15 is 0 Å². The van der Waals surface area contributed by atoms with E-state index in [0.29, 0.717) is 12.2 Å². The zero-order valence-corrected chi connectivity index (χ0v) is 9.84. The summed E-state index contributed by atoms with van der Waals surface area (Å²) < 4.78 is 1.63. The highest BCUT2D eigenvalue weighted by molar-refractivity contribution is 5.92. The number of imidazole rings is 1. The number of aliphatic hydroxyl groups excluding tert-OH is 1. The molecule has 0 aromatic carbocycles. The first-order valence-electron chi connectivity index (χ1n) is 5.08. The number of amides is 1. The van der Waals surface area contributed by atoms with Crippen molar-refractivity contribution in [3.8, 4) is 0 Å². The van der Waals surface area contributed by atoms with Crippen molar-refractivity contribution in [2.24, 2.45) is 7.05 Å². The van der Waals surface area contributed by atoms with Crippen LogP contribution in [-0.2, 0) is 7.05 Å². The van der Waals surface area contributed by atoms with Gasteiger partial charge in [0, 0.05) is 20.1 Å². The number of hydrogen-bond acceptors (Lipinski definition) is 4. The first kappa shape index (κ1) is 12.7. The first-order chi connectivity index (χ1) is 7.50. The number of likely N-dealkylation sites (N-methyl/N-ethyl adjacent to an activating group) is 1. The summed E-state index contributed by atoms with van der Waals surface area (Å²) in [5.41, 5.74) is 0.483. The molecule has 0 aliphatic heterocycles. The lowest BCUT2D eigenvalue weighted by Gasteiger charge is -2.16. The molecule has 6 heteroatoms. The monoisotopic (exact) mass is 226 g/mol. The molecule has 0 saturated heterocycles. The molecule has 0 aliphatic rings. The van der Waals surface area contributed by atoms with E-state index in [2.05, 4.69) is 10.3 Å². The Balaban J connectivity index is 2.39. The molecule has 0 radical (unpaired) electrons. The smallest absolute Gasteiger partial charge is 0.269 e. The van der Waals surface area contributed by atoms with Gasteiger partial charge in [0.2, 0.25) is 0 Å². The van der Waals surface area contributed by atoms with Crippen LogP contribution in [0.25, 0.3) is 0 Å². The lowest BCUT2D eigenvalue weighted by atomic mass is 10.3. The summed E-state index contributed by atoms with van der Waals surface area (Å²) in [5.74, 6) is -0.224. The second-order valence-electron chi connectivity index (χ2n) is 4.02. The molecule has 2 N–H and O–H groups in total. The molecule has 1 heterocycles. The SMILES string of the molecule is CN(C)C[C@H](O)CNC(=O)c1cncn1C. The second-order valence-corrected chi connectivity index (χ2v) is 4.02. The third-order valence-electron chi connectivity index (χ3n) is 2.12. The lowest BCUT2D eigenvalue weighted by molar-refractivity contribution is 0.0884. The van der Waals surface area contributed by atoms with Gasteiger partial charge in [-0.05, 0) is 14.1 Å². The largest absolute Gasteiger partial charge is 0.390 e. The molecule has 0 saturated carbocycles. The van der Waals surface area contributed by atoms with Gasteiger partial charge in [0.25, 0.3) is 5.91 Å². The minimum atomic E-state index is -0.563. The highest BCUT2D eigenvalue weighted by Crippen LogP contribution is 1.95. The van der Waals surface area contributed by atoms with Gasteiger partial charge in [0.05, 0.1) is 18.6 Å². The minimum absolute atomic E-state index is 0.224. The Morgan fingerprint density at radius 2 is 2.38 bits per heavy atom. The quantitative estimate of drug-likeness (QED) is 0.680. The molecule has 1 aromatic heterocycles. The van der Waals surface area contributed by atoms with Crippen molar-refractivity contribution in [2.45, 2.75) is 6.10 Å². The molecule has 1 amide bonds. The summed E-state index contributed by atoms with van der Waals surface area (Å²) in [6, 6.07) is 0. The van der Waals surface area contributed by atoms with Crippen molar-refractivity contribution in [2.75, 3.05) is 27.2 Å². The Morgan fingerprint density at radius 1 is 1.69 bits per heavy atom. The van der Waals surface area contributed by atoms with Gasteiger partial charge in [-0.3, -0.25) is 4.79 Å². The number of nitrogens with zero attached hydrogens (tertiary/aromatic N) is 3. The van der Waals surface area contributed by atoms with E-state index in [0.717, 1.165) is 0 Å². The molecule has 0 fully saturated rings. The number of hydrogen-bond donors (Lipinski definition) is 2. The van der Waals surface area contributed by atoms with Crippen LogP contribution >= 0.6 is 0 Å². The number of nitrogens with one attached hydrogen (secondary N) is 1. The van der Waals surface area contributed by atoms with E-state index in [-0.39, 0.29) is 12.5 Å². The summed E-state index contributed by atoms with van der Waals surface area (Å²) in [7, 11) is 5.48. The van der Waals surface area contributed by atoms with Crippen LogP contribution in [0.2, 0.25) is 0 Å². The number of aliphatic hydroxyl groups is 1. The fourth-order valence-electron chi connectivity index (χ4n) is 1.36. The van der Waals surface area contributed by atoms with Gasteiger partial charge < -0.3 is 19.9 Å². The Hall–Kier alpha value is -1.40. The Kier molecular flexibility index (Phi) is 4.45. The average Bonchev–Trinajstić information content (AvgIpc) is 2.60. The fraction of sp³-hybridized carbons (Fsp3) is 0.600. The van der Waals surface area contributed by atoms with Gasteiger partial charge in [0.1, 0.15) is 5.69 Å². The van der Waals surface area contributed by atoms with Crippen LogP contribution in [0.3, 0.4) is 0 Å². The van der Waals surface area contributed by atoms with E-state index < -0.39 is 6.10 Å². The highest BCUT2D eigenvalue weighted by Gasteiger charge is 2.11. The van der Waals surface area contributed by atoms with Crippen LogP contribution in [0.4, 0.5) is 0 Å². The maximum absolute atomic E-state index is 11.6. The zero-order chi connectivity index (χ0) is 12.1. The molecule has 0 aliphatic carbocycles. The van der Waals surface area contributed by atoms with Crippen molar-refractivity contribution in [1.82, 2.24) is 19.8 Å². The summed E-state index contributed by atoms with van der Waals surface area (Å²) in [5, 5.41) is 12.2. The van der Waals surface area contributed by atoms with Crippen molar-refractivity contribution >= 4 is 5.91 Å². The van der Waals surface area contributed by atoms with Crippen LogP contribution in [0.1, 0.15) is 10.5 Å². The Morgan fingerprint density at radius 3 is 2.88 bits per heavy atom. The van der Waals surface area contributed by atoms with Crippen LogP contribution in [-0.4, -0.2) is 58.8 Å². The molecule has 1 aromatic rings. The van der Waals surface area contributed by atoms with Gasteiger partial charge >= 0.3 is 0 Å². The zero-order valence-electron chi connectivity index (χ0n) is 9.84. The highest BCUT2D eigenvalue weighted by atomic mass is 16.3. The maximum Gasteiger partial charge on any atom is 0.269 e. The van der Waals surface area contributed by atoms with Crippen LogP contribution in [0.5, 0.6) is 0 Å². The summed E-state index contributed by atoms with van der Waals surface area (Å²) >= 11 is 0. The van der Waals surface area contributed by atoms with Gasteiger partial charge in [-0.15, -0.1) is 0 Å². The predicted molar refractivity (Wildman–Crippen MR) is 60.1 cm³/mol. The van der Waals surface area contributed by atoms with Crippen LogP contribution in [0, 0.1) is 0 Å². The maximum atomic E-state index is 11.6. The molecule has 1 rings (SSSR count). The third kappa shape index (κ3) is 3.63.